The number of pyridine rings is 2. The first-order valence-corrected chi connectivity index (χ1v) is 13.8. The van der Waals surface area contributed by atoms with Crippen molar-refractivity contribution in [2.45, 2.75) is 13.3 Å². The van der Waals surface area contributed by atoms with E-state index in [1.165, 1.54) is 12.1 Å². The van der Waals surface area contributed by atoms with Crippen LogP contribution in [0.25, 0.3) is 55.6 Å². The molecule has 6 aromatic rings. The number of hydrogen-bond acceptors (Lipinski definition) is 6. The van der Waals surface area contributed by atoms with Crippen molar-refractivity contribution >= 4 is 33.3 Å². The highest BCUT2D eigenvalue weighted by atomic mass is 19.1. The van der Waals surface area contributed by atoms with Crippen molar-refractivity contribution in [2.24, 2.45) is 0 Å². The zero-order valence-electron chi connectivity index (χ0n) is 23.6. The van der Waals surface area contributed by atoms with Gasteiger partial charge in [0.05, 0.1) is 29.1 Å². The van der Waals surface area contributed by atoms with Crippen LogP contribution in [0.2, 0.25) is 0 Å². The Morgan fingerprint density at radius 3 is 2.51 bits per heavy atom. The molecule has 41 heavy (non-hydrogen) atoms. The molecule has 0 aliphatic rings. The fourth-order valence-electron chi connectivity index (χ4n) is 5.23. The van der Waals surface area contributed by atoms with Crippen LogP contribution in [0.15, 0.2) is 67.3 Å². The molecule has 9 heteroatoms. The largest absolute Gasteiger partial charge is 0.384 e. The molecule has 208 valence electrons. The first kappa shape index (κ1) is 26.5. The maximum atomic E-state index is 14.7. The number of H-pyrrole nitrogens is 2. The van der Waals surface area contributed by atoms with Gasteiger partial charge >= 0.3 is 0 Å². The van der Waals surface area contributed by atoms with Crippen molar-refractivity contribution in [3.05, 3.63) is 78.8 Å². The van der Waals surface area contributed by atoms with Crippen LogP contribution in [0.3, 0.4) is 0 Å². The first-order valence-electron chi connectivity index (χ1n) is 13.8. The molecule has 2 aromatic carbocycles. The number of nitrogens with zero attached hydrogens (tertiary/aromatic N) is 4. The fraction of sp³-hybridized carbons (Fsp3) is 0.219. The van der Waals surface area contributed by atoms with Gasteiger partial charge in [-0.05, 0) is 61.0 Å². The second kappa shape index (κ2) is 11.0. The third-order valence-corrected chi connectivity index (χ3v) is 7.35. The molecule has 0 saturated carbocycles. The average Bonchev–Trinajstić information content (AvgIpc) is 3.57. The summed E-state index contributed by atoms with van der Waals surface area (Å²) in [5.74, 6) is 0.436. The maximum absolute atomic E-state index is 14.7. The van der Waals surface area contributed by atoms with Crippen molar-refractivity contribution < 1.29 is 4.39 Å². The number of benzene rings is 2. The molecular weight excluding hydrogens is 515 g/mol. The highest BCUT2D eigenvalue weighted by molar-refractivity contribution is 6.01. The molecule has 0 spiro atoms. The minimum atomic E-state index is -0.313. The number of anilines is 2. The number of imidazole rings is 1. The Labute approximate surface area is 238 Å². The van der Waals surface area contributed by atoms with Gasteiger partial charge in [0.15, 0.2) is 0 Å². The van der Waals surface area contributed by atoms with Crippen LogP contribution in [0.1, 0.15) is 12.6 Å². The molecule has 4 N–H and O–H groups in total. The summed E-state index contributed by atoms with van der Waals surface area (Å²) in [5.41, 5.74) is 10.1. The van der Waals surface area contributed by atoms with Gasteiger partial charge in [-0.1, -0.05) is 13.0 Å². The van der Waals surface area contributed by atoms with Crippen molar-refractivity contribution in [3.63, 3.8) is 0 Å². The molecule has 0 bridgehead atoms. The normalized spacial score (nSPS) is 11.4. The van der Waals surface area contributed by atoms with Crippen molar-refractivity contribution in [2.75, 3.05) is 44.4 Å². The van der Waals surface area contributed by atoms with Gasteiger partial charge in [-0.25, -0.2) is 9.37 Å². The van der Waals surface area contributed by atoms with Gasteiger partial charge in [0, 0.05) is 78.6 Å². The molecule has 4 heterocycles. The van der Waals surface area contributed by atoms with E-state index in [1.54, 1.807) is 12.4 Å². The van der Waals surface area contributed by atoms with Crippen molar-refractivity contribution in [3.8, 4) is 33.6 Å². The van der Waals surface area contributed by atoms with E-state index in [2.05, 4.69) is 61.8 Å². The highest BCUT2D eigenvalue weighted by Crippen LogP contribution is 2.37. The molecule has 0 fully saturated rings. The second-order valence-corrected chi connectivity index (χ2v) is 10.3. The van der Waals surface area contributed by atoms with Gasteiger partial charge in [0.2, 0.25) is 0 Å². The minimum absolute atomic E-state index is 0.313. The molecule has 8 nitrogen and oxygen atoms in total. The number of nitrogens with one attached hydrogen (secondary N) is 4. The van der Waals surface area contributed by atoms with Crippen molar-refractivity contribution in [1.82, 2.24) is 30.2 Å². The lowest BCUT2D eigenvalue weighted by Gasteiger charge is -2.13. The summed E-state index contributed by atoms with van der Waals surface area (Å²) in [7, 11) is 5.91. The van der Waals surface area contributed by atoms with Gasteiger partial charge in [0.1, 0.15) is 11.6 Å². The smallest absolute Gasteiger partial charge is 0.141 e. The molecule has 0 aliphatic carbocycles. The average molecular weight is 549 g/mol. The van der Waals surface area contributed by atoms with E-state index < -0.39 is 0 Å². The van der Waals surface area contributed by atoms with Gasteiger partial charge in [-0.2, -0.15) is 0 Å². The number of rotatable bonds is 9. The third kappa shape index (κ3) is 5.12. The second-order valence-electron chi connectivity index (χ2n) is 10.3. The molecule has 0 aliphatic heterocycles. The van der Waals surface area contributed by atoms with Crippen molar-refractivity contribution in [1.29, 1.82) is 0 Å². The number of halogens is 1. The van der Waals surface area contributed by atoms with Crippen LogP contribution >= 0.6 is 0 Å². The Balaban J connectivity index is 1.46. The van der Waals surface area contributed by atoms with Gasteiger partial charge in [-0.3, -0.25) is 9.97 Å². The maximum Gasteiger partial charge on any atom is 0.141 e. The van der Waals surface area contributed by atoms with Crippen LogP contribution in [-0.4, -0.2) is 59.2 Å². The number of likely N-dealkylation sites (N-methyl/N-ethyl adjacent to an activating group) is 1. The number of aromatic nitrogens is 5. The van der Waals surface area contributed by atoms with E-state index in [0.717, 1.165) is 79.9 Å². The number of aryl methyl sites for hydroxylation is 1. The predicted molar refractivity (Wildman–Crippen MR) is 166 cm³/mol. The zero-order chi connectivity index (χ0) is 28.5. The van der Waals surface area contributed by atoms with Crippen LogP contribution in [-0.2, 0) is 6.42 Å². The van der Waals surface area contributed by atoms with Gasteiger partial charge in [0.25, 0.3) is 0 Å². The summed E-state index contributed by atoms with van der Waals surface area (Å²) < 4.78 is 14.7. The predicted octanol–water partition coefficient (Wildman–Crippen LogP) is 6.23. The Hall–Kier alpha value is -4.76. The molecule has 6 rings (SSSR count). The van der Waals surface area contributed by atoms with Crippen LogP contribution < -0.4 is 15.5 Å². The highest BCUT2D eigenvalue weighted by Gasteiger charge is 2.19. The first-order chi connectivity index (χ1) is 19.9. The molecule has 4 aromatic heterocycles. The van der Waals surface area contributed by atoms with E-state index in [-0.39, 0.29) is 5.82 Å². The van der Waals surface area contributed by atoms with Crippen LogP contribution in [0.5, 0.6) is 0 Å². The molecule has 0 saturated heterocycles. The Bertz CT molecular complexity index is 1850. The molecule has 0 atom stereocenters. The Morgan fingerprint density at radius 2 is 1.71 bits per heavy atom. The summed E-state index contributed by atoms with van der Waals surface area (Å²) in [6, 6.07) is 13.5. The summed E-state index contributed by atoms with van der Waals surface area (Å²) in [6.45, 7) is 3.59. The summed E-state index contributed by atoms with van der Waals surface area (Å²) in [4.78, 5) is 23.1. The minimum Gasteiger partial charge on any atom is -0.384 e. The summed E-state index contributed by atoms with van der Waals surface area (Å²) in [6.07, 6.45) is 8.08. The molecule has 0 unspecified atom stereocenters. The Morgan fingerprint density at radius 1 is 0.854 bits per heavy atom. The lowest BCUT2D eigenvalue weighted by atomic mass is 10.0. The number of fused-ring (bicyclic) bond motifs is 2. The number of hydrogen-bond donors (Lipinski definition) is 4. The van der Waals surface area contributed by atoms with E-state index in [0.29, 0.717) is 12.2 Å². The topological polar surface area (TPSA) is 97.6 Å². The summed E-state index contributed by atoms with van der Waals surface area (Å²) in [5, 5.41) is 7.44. The molecular formula is C32H33FN8. The third-order valence-electron chi connectivity index (χ3n) is 7.35. The SMILES string of the molecule is CCc1[nH]c2ccc(-c3cncc(N(C)C)c3)cc2c1-c1nc2c(-c3cc(F)cc(NCCNC)c3)cncc2[nH]1. The van der Waals surface area contributed by atoms with Crippen LogP contribution in [0, 0.1) is 5.82 Å². The zero-order valence-corrected chi connectivity index (χ0v) is 23.6. The van der Waals surface area contributed by atoms with Gasteiger partial charge in [-0.15, -0.1) is 0 Å². The summed E-state index contributed by atoms with van der Waals surface area (Å²) >= 11 is 0. The molecule has 0 amide bonds. The van der Waals surface area contributed by atoms with E-state index in [9.17, 15) is 4.39 Å². The molecule has 0 radical (unpaired) electrons. The standard InChI is InChI=1S/C32H33FN8/c1-5-27-30(25-13-19(6-7-28(25)38-27)21-12-24(41(3)4)16-35-15-21)32-39-29-18-36-17-26(31(29)40-32)20-10-22(33)14-23(11-20)37-9-8-34-2/h6-7,10-18,34,37-38H,5,8-9H2,1-4H3,(H,39,40). The van der Waals surface area contributed by atoms with E-state index in [4.69, 9.17) is 4.98 Å². The monoisotopic (exact) mass is 548 g/mol. The van der Waals surface area contributed by atoms with E-state index >= 15 is 0 Å². The quantitative estimate of drug-likeness (QED) is 0.160. The Kier molecular flexibility index (Phi) is 7.11. The lowest BCUT2D eigenvalue weighted by molar-refractivity contribution is 0.628. The van der Waals surface area contributed by atoms with E-state index in [1.807, 2.05) is 44.5 Å². The van der Waals surface area contributed by atoms with Gasteiger partial charge < -0.3 is 25.5 Å². The number of aromatic amines is 2. The van der Waals surface area contributed by atoms with Crippen LogP contribution in [0.4, 0.5) is 15.8 Å². The fourth-order valence-corrected chi connectivity index (χ4v) is 5.23. The lowest BCUT2D eigenvalue weighted by Crippen LogP contribution is -2.17.